The molecule has 1 rings (SSSR count). The Morgan fingerprint density at radius 3 is 2.53 bits per heavy atom. The van der Waals surface area contributed by atoms with Crippen LogP contribution in [0, 0.1) is 0 Å². The molecule has 15 heavy (non-hydrogen) atoms. The van der Waals surface area contributed by atoms with Crippen molar-refractivity contribution in [1.29, 1.82) is 0 Å². The lowest BCUT2D eigenvalue weighted by Gasteiger charge is -2.09. The zero-order chi connectivity index (χ0) is 11.1. The number of rotatable bonds is 6. The van der Waals surface area contributed by atoms with Crippen LogP contribution in [0.25, 0.3) is 0 Å². The van der Waals surface area contributed by atoms with Crippen LogP contribution < -0.4 is 5.73 Å². The monoisotopic (exact) mass is 225 g/mol. The van der Waals surface area contributed by atoms with Gasteiger partial charge in [0.25, 0.3) is 0 Å². The fourth-order valence-corrected chi connectivity index (χ4v) is 2.10. The Labute approximate surface area is 96.2 Å². The van der Waals surface area contributed by atoms with Crippen LogP contribution in [-0.4, -0.2) is 19.5 Å². The molecule has 0 spiro atoms. The van der Waals surface area contributed by atoms with E-state index in [0.717, 1.165) is 18.8 Å². The van der Waals surface area contributed by atoms with E-state index in [1.54, 1.807) is 7.11 Å². The zero-order valence-electron chi connectivity index (χ0n) is 9.40. The first kappa shape index (κ1) is 12.6. The first-order chi connectivity index (χ1) is 7.27. The van der Waals surface area contributed by atoms with Crippen molar-refractivity contribution in [2.45, 2.75) is 24.3 Å². The molecule has 0 saturated heterocycles. The molecular formula is C12H19NOS. The van der Waals surface area contributed by atoms with Crippen molar-refractivity contribution in [3.05, 3.63) is 29.8 Å². The fourth-order valence-electron chi connectivity index (χ4n) is 1.29. The van der Waals surface area contributed by atoms with E-state index in [1.807, 2.05) is 11.8 Å². The average Bonchev–Trinajstić information content (AvgIpc) is 2.29. The second-order valence-corrected chi connectivity index (χ2v) is 4.59. The molecule has 0 saturated carbocycles. The SMILES string of the molecule is CC[C@@H](N)c1ccc(SCCOC)cc1. The largest absolute Gasteiger partial charge is 0.384 e. The predicted octanol–water partition coefficient (Wildman–Crippen LogP) is 2.83. The van der Waals surface area contributed by atoms with Gasteiger partial charge in [-0.2, -0.15) is 0 Å². The highest BCUT2D eigenvalue weighted by molar-refractivity contribution is 7.99. The lowest BCUT2D eigenvalue weighted by molar-refractivity contribution is 0.218. The molecular weight excluding hydrogens is 206 g/mol. The van der Waals surface area contributed by atoms with Crippen molar-refractivity contribution in [2.75, 3.05) is 19.5 Å². The molecule has 1 atom stereocenters. The number of methoxy groups -OCH3 is 1. The Bertz CT molecular complexity index is 273. The third-order valence-corrected chi connectivity index (χ3v) is 3.28. The van der Waals surface area contributed by atoms with E-state index < -0.39 is 0 Å². The van der Waals surface area contributed by atoms with Gasteiger partial charge in [0.15, 0.2) is 0 Å². The molecule has 3 heteroatoms. The maximum Gasteiger partial charge on any atom is 0.0556 e. The lowest BCUT2D eigenvalue weighted by Crippen LogP contribution is -2.08. The number of nitrogens with two attached hydrogens (primary N) is 1. The van der Waals surface area contributed by atoms with Gasteiger partial charge in [0.2, 0.25) is 0 Å². The van der Waals surface area contributed by atoms with Gasteiger partial charge in [-0.1, -0.05) is 19.1 Å². The second kappa shape index (κ2) is 6.88. The van der Waals surface area contributed by atoms with E-state index in [-0.39, 0.29) is 6.04 Å². The minimum absolute atomic E-state index is 0.169. The Hall–Kier alpha value is -0.510. The smallest absolute Gasteiger partial charge is 0.0556 e. The molecule has 0 aromatic heterocycles. The molecule has 2 N–H and O–H groups in total. The van der Waals surface area contributed by atoms with Crippen LogP contribution in [0.1, 0.15) is 24.9 Å². The van der Waals surface area contributed by atoms with Crippen molar-refractivity contribution in [1.82, 2.24) is 0 Å². The molecule has 84 valence electrons. The van der Waals surface area contributed by atoms with E-state index in [1.165, 1.54) is 10.5 Å². The molecule has 0 aliphatic heterocycles. The van der Waals surface area contributed by atoms with Crippen LogP contribution in [0.4, 0.5) is 0 Å². The van der Waals surface area contributed by atoms with Gasteiger partial charge in [-0.05, 0) is 24.1 Å². The van der Waals surface area contributed by atoms with Gasteiger partial charge in [0.1, 0.15) is 0 Å². The summed E-state index contributed by atoms with van der Waals surface area (Å²) in [5.41, 5.74) is 7.16. The molecule has 0 aliphatic carbocycles. The number of hydrogen-bond acceptors (Lipinski definition) is 3. The van der Waals surface area contributed by atoms with Gasteiger partial charge in [-0.3, -0.25) is 0 Å². The summed E-state index contributed by atoms with van der Waals surface area (Å²) in [5.74, 6) is 0.996. The molecule has 0 radical (unpaired) electrons. The zero-order valence-corrected chi connectivity index (χ0v) is 10.2. The summed E-state index contributed by atoms with van der Waals surface area (Å²) >= 11 is 1.81. The first-order valence-electron chi connectivity index (χ1n) is 5.25. The van der Waals surface area contributed by atoms with Crippen molar-refractivity contribution in [2.24, 2.45) is 5.73 Å². The fraction of sp³-hybridized carbons (Fsp3) is 0.500. The highest BCUT2D eigenvalue weighted by Crippen LogP contribution is 2.21. The van der Waals surface area contributed by atoms with E-state index in [4.69, 9.17) is 10.5 Å². The topological polar surface area (TPSA) is 35.2 Å². The van der Waals surface area contributed by atoms with Crippen LogP contribution in [0.3, 0.4) is 0 Å². The Balaban J connectivity index is 2.49. The Morgan fingerprint density at radius 1 is 1.33 bits per heavy atom. The van der Waals surface area contributed by atoms with Gasteiger partial charge in [-0.15, -0.1) is 11.8 Å². The molecule has 1 aromatic rings. The van der Waals surface area contributed by atoms with E-state index in [0.29, 0.717) is 0 Å². The number of ether oxygens (including phenoxy) is 1. The molecule has 2 nitrogen and oxygen atoms in total. The molecule has 0 heterocycles. The average molecular weight is 225 g/mol. The summed E-state index contributed by atoms with van der Waals surface area (Å²) in [6.07, 6.45) is 0.982. The summed E-state index contributed by atoms with van der Waals surface area (Å²) in [5, 5.41) is 0. The maximum atomic E-state index is 5.94. The Kier molecular flexibility index (Phi) is 5.76. The molecule has 0 aliphatic rings. The van der Waals surface area contributed by atoms with Crippen LogP contribution in [-0.2, 0) is 4.74 Å². The van der Waals surface area contributed by atoms with Crippen LogP contribution in [0.15, 0.2) is 29.2 Å². The summed E-state index contributed by atoms with van der Waals surface area (Å²) in [6.45, 7) is 2.90. The van der Waals surface area contributed by atoms with Gasteiger partial charge in [0.05, 0.1) is 6.61 Å². The lowest BCUT2D eigenvalue weighted by atomic mass is 10.1. The third-order valence-electron chi connectivity index (χ3n) is 2.30. The molecule has 0 amide bonds. The van der Waals surface area contributed by atoms with Crippen LogP contribution in [0.5, 0.6) is 0 Å². The second-order valence-electron chi connectivity index (χ2n) is 3.43. The molecule has 0 fully saturated rings. The van der Waals surface area contributed by atoms with Gasteiger partial charge in [0, 0.05) is 23.8 Å². The first-order valence-corrected chi connectivity index (χ1v) is 6.23. The Morgan fingerprint density at radius 2 is 2.00 bits per heavy atom. The summed E-state index contributed by atoms with van der Waals surface area (Å²) in [7, 11) is 1.73. The van der Waals surface area contributed by atoms with Crippen LogP contribution >= 0.6 is 11.8 Å². The van der Waals surface area contributed by atoms with Gasteiger partial charge in [-0.25, -0.2) is 0 Å². The number of thioether (sulfide) groups is 1. The number of hydrogen-bond donors (Lipinski definition) is 1. The summed E-state index contributed by atoms with van der Waals surface area (Å²) in [6, 6.07) is 8.66. The molecule has 1 aromatic carbocycles. The van der Waals surface area contributed by atoms with Crippen molar-refractivity contribution >= 4 is 11.8 Å². The molecule has 0 bridgehead atoms. The normalized spacial score (nSPS) is 12.7. The van der Waals surface area contributed by atoms with Crippen molar-refractivity contribution < 1.29 is 4.74 Å². The van der Waals surface area contributed by atoms with E-state index in [9.17, 15) is 0 Å². The minimum atomic E-state index is 0.169. The molecule has 0 unspecified atom stereocenters. The van der Waals surface area contributed by atoms with Crippen molar-refractivity contribution in [3.8, 4) is 0 Å². The minimum Gasteiger partial charge on any atom is -0.384 e. The van der Waals surface area contributed by atoms with E-state index >= 15 is 0 Å². The number of benzene rings is 1. The standard InChI is InChI=1S/C12H19NOS/c1-3-12(13)10-4-6-11(7-5-10)15-9-8-14-2/h4-7,12H,3,8-9,13H2,1-2H3/t12-/m1/s1. The van der Waals surface area contributed by atoms with Crippen LogP contribution in [0.2, 0.25) is 0 Å². The maximum absolute atomic E-state index is 5.94. The van der Waals surface area contributed by atoms with Crippen molar-refractivity contribution in [3.63, 3.8) is 0 Å². The summed E-state index contributed by atoms with van der Waals surface area (Å²) < 4.78 is 5.00. The van der Waals surface area contributed by atoms with E-state index in [2.05, 4.69) is 31.2 Å². The third kappa shape index (κ3) is 4.24. The quantitative estimate of drug-likeness (QED) is 0.597. The highest BCUT2D eigenvalue weighted by atomic mass is 32.2. The van der Waals surface area contributed by atoms with Gasteiger partial charge >= 0.3 is 0 Å². The van der Waals surface area contributed by atoms with Gasteiger partial charge < -0.3 is 10.5 Å². The highest BCUT2D eigenvalue weighted by Gasteiger charge is 2.02. The predicted molar refractivity (Wildman–Crippen MR) is 66.3 cm³/mol. The summed E-state index contributed by atoms with van der Waals surface area (Å²) in [4.78, 5) is 1.28.